The van der Waals surface area contributed by atoms with Gasteiger partial charge in [-0.15, -0.1) is 0 Å². The van der Waals surface area contributed by atoms with Crippen molar-refractivity contribution in [2.45, 2.75) is 39.0 Å². The molecular formula is C7H17FeO2P. The van der Waals surface area contributed by atoms with Crippen molar-refractivity contribution in [1.82, 2.24) is 0 Å². The Labute approximate surface area is 80.1 Å². The van der Waals surface area contributed by atoms with Gasteiger partial charge in [0.2, 0.25) is 0 Å². The van der Waals surface area contributed by atoms with Crippen molar-refractivity contribution < 1.29 is 26.5 Å². The minimum absolute atomic E-state index is 0. The molecule has 0 aliphatic rings. The summed E-state index contributed by atoms with van der Waals surface area (Å²) in [5.41, 5.74) is 0. The quantitative estimate of drug-likeness (QED) is 0.424. The van der Waals surface area contributed by atoms with Crippen LogP contribution >= 0.6 is 8.03 Å². The number of unbranched alkanes of at least 4 members (excludes halogenated alkanes) is 4. The number of rotatable bonds is 6. The van der Waals surface area contributed by atoms with E-state index in [0.717, 1.165) is 12.8 Å². The molecule has 0 saturated carbocycles. The van der Waals surface area contributed by atoms with E-state index in [9.17, 15) is 4.57 Å². The number of hydrogen-bond acceptors (Lipinski definition) is 1. The molecule has 0 aromatic carbocycles. The van der Waals surface area contributed by atoms with E-state index >= 15 is 0 Å². The summed E-state index contributed by atoms with van der Waals surface area (Å²) >= 11 is 0. The minimum Gasteiger partial charge on any atom is -0.346 e. The molecule has 0 radical (unpaired) electrons. The van der Waals surface area contributed by atoms with Crippen LogP contribution in [-0.2, 0) is 21.6 Å². The van der Waals surface area contributed by atoms with Crippen LogP contribution in [0.25, 0.3) is 0 Å². The molecule has 0 rings (SSSR count). The molecule has 0 aromatic rings. The van der Waals surface area contributed by atoms with Crippen LogP contribution in [0.5, 0.6) is 0 Å². The first-order valence-corrected chi connectivity index (χ1v) is 5.55. The van der Waals surface area contributed by atoms with Gasteiger partial charge in [-0.3, -0.25) is 4.57 Å². The SMILES string of the molecule is CCCCCCC[PH](=O)O.[Fe]. The first kappa shape index (κ1) is 14.2. The Morgan fingerprint density at radius 3 is 2.18 bits per heavy atom. The predicted molar refractivity (Wildman–Crippen MR) is 44.8 cm³/mol. The molecule has 1 N–H and O–H groups in total. The smallest absolute Gasteiger partial charge is 0.189 e. The fourth-order valence-corrected chi connectivity index (χ4v) is 1.43. The largest absolute Gasteiger partial charge is 0.346 e. The van der Waals surface area contributed by atoms with E-state index in [2.05, 4.69) is 6.92 Å². The molecule has 11 heavy (non-hydrogen) atoms. The van der Waals surface area contributed by atoms with Gasteiger partial charge in [0.05, 0.1) is 0 Å². The van der Waals surface area contributed by atoms with Crippen LogP contribution in [0.4, 0.5) is 0 Å². The molecular weight excluding hydrogens is 203 g/mol. The second-order valence-corrected chi connectivity index (χ2v) is 3.85. The van der Waals surface area contributed by atoms with Gasteiger partial charge in [-0.25, -0.2) is 0 Å². The van der Waals surface area contributed by atoms with Crippen molar-refractivity contribution in [3.63, 3.8) is 0 Å². The van der Waals surface area contributed by atoms with E-state index in [1.807, 2.05) is 0 Å². The van der Waals surface area contributed by atoms with Gasteiger partial charge < -0.3 is 4.89 Å². The molecule has 2 nitrogen and oxygen atoms in total. The Morgan fingerprint density at radius 1 is 1.18 bits per heavy atom. The molecule has 0 saturated heterocycles. The third kappa shape index (κ3) is 13.7. The summed E-state index contributed by atoms with van der Waals surface area (Å²) in [6.07, 6.45) is 6.26. The predicted octanol–water partition coefficient (Wildman–Crippen LogP) is 2.42. The van der Waals surface area contributed by atoms with Crippen LogP contribution in [0.1, 0.15) is 39.0 Å². The van der Waals surface area contributed by atoms with E-state index < -0.39 is 8.03 Å². The fraction of sp³-hybridized carbons (Fsp3) is 1.00. The summed E-state index contributed by atoms with van der Waals surface area (Å²) in [6.45, 7) is 2.16. The van der Waals surface area contributed by atoms with Crippen molar-refractivity contribution in [1.29, 1.82) is 0 Å². The molecule has 1 atom stereocenters. The maximum absolute atomic E-state index is 10.2. The van der Waals surface area contributed by atoms with Gasteiger partial charge in [0.25, 0.3) is 0 Å². The Bertz CT molecular complexity index is 98.4. The van der Waals surface area contributed by atoms with Gasteiger partial charge in [0.15, 0.2) is 8.03 Å². The third-order valence-electron chi connectivity index (χ3n) is 1.49. The summed E-state index contributed by atoms with van der Waals surface area (Å²) in [4.78, 5) is 8.46. The molecule has 1 unspecified atom stereocenters. The molecule has 0 bridgehead atoms. The van der Waals surface area contributed by atoms with Gasteiger partial charge in [-0.1, -0.05) is 32.6 Å². The van der Waals surface area contributed by atoms with Crippen LogP contribution in [-0.4, -0.2) is 11.1 Å². The van der Waals surface area contributed by atoms with Crippen LogP contribution in [0.3, 0.4) is 0 Å². The molecule has 0 fully saturated rings. The molecule has 4 heteroatoms. The van der Waals surface area contributed by atoms with Crippen LogP contribution in [0.2, 0.25) is 0 Å². The number of hydrogen-bond donors (Lipinski definition) is 1. The van der Waals surface area contributed by atoms with Crippen molar-refractivity contribution >= 4 is 8.03 Å². The minimum atomic E-state index is -2.17. The average Bonchev–Trinajstić information content (AvgIpc) is 1.87. The summed E-state index contributed by atoms with van der Waals surface area (Å²) in [7, 11) is -2.17. The van der Waals surface area contributed by atoms with Gasteiger partial charge in [0, 0.05) is 23.2 Å². The van der Waals surface area contributed by atoms with Gasteiger partial charge >= 0.3 is 0 Å². The molecule has 70 valence electrons. The molecule has 0 amide bonds. The first-order valence-electron chi connectivity index (χ1n) is 3.99. The average molecular weight is 220 g/mol. The van der Waals surface area contributed by atoms with Crippen LogP contribution in [0.15, 0.2) is 0 Å². The van der Waals surface area contributed by atoms with Crippen molar-refractivity contribution in [2.24, 2.45) is 0 Å². The summed E-state index contributed by atoms with van der Waals surface area (Å²) in [6, 6.07) is 0. The molecule has 0 aliphatic heterocycles. The monoisotopic (exact) mass is 220 g/mol. The molecule has 0 aromatic heterocycles. The second-order valence-electron chi connectivity index (χ2n) is 2.56. The zero-order valence-electron chi connectivity index (χ0n) is 6.95. The Balaban J connectivity index is 0. The summed E-state index contributed by atoms with van der Waals surface area (Å²) in [5.74, 6) is 0. The van der Waals surface area contributed by atoms with Crippen LogP contribution < -0.4 is 0 Å². The van der Waals surface area contributed by atoms with Crippen molar-refractivity contribution in [2.75, 3.05) is 6.16 Å². The zero-order chi connectivity index (χ0) is 7.82. The summed E-state index contributed by atoms with van der Waals surface area (Å²) < 4.78 is 10.2. The molecule has 0 heterocycles. The van der Waals surface area contributed by atoms with E-state index in [-0.39, 0.29) is 17.1 Å². The molecule has 0 aliphatic carbocycles. The normalized spacial score (nSPS) is 12.2. The molecule has 0 spiro atoms. The van der Waals surface area contributed by atoms with Crippen molar-refractivity contribution in [3.8, 4) is 0 Å². The Morgan fingerprint density at radius 2 is 1.73 bits per heavy atom. The van der Waals surface area contributed by atoms with Gasteiger partial charge in [-0.2, -0.15) is 0 Å². The van der Waals surface area contributed by atoms with Crippen LogP contribution in [0, 0.1) is 0 Å². The third-order valence-corrected chi connectivity index (χ3v) is 2.28. The zero-order valence-corrected chi connectivity index (χ0v) is 9.06. The topological polar surface area (TPSA) is 37.3 Å². The van der Waals surface area contributed by atoms with Gasteiger partial charge in [-0.05, 0) is 6.42 Å². The van der Waals surface area contributed by atoms with E-state index in [4.69, 9.17) is 4.89 Å². The first-order chi connectivity index (χ1) is 4.77. The maximum atomic E-state index is 10.2. The fourth-order valence-electron chi connectivity index (χ4n) is 0.880. The Kier molecular flexibility index (Phi) is 13.9. The second kappa shape index (κ2) is 10.7. The van der Waals surface area contributed by atoms with E-state index in [0.29, 0.717) is 6.16 Å². The Hall–Kier alpha value is 0.709. The maximum Gasteiger partial charge on any atom is 0.189 e. The van der Waals surface area contributed by atoms with Gasteiger partial charge in [0.1, 0.15) is 0 Å². The van der Waals surface area contributed by atoms with Crippen molar-refractivity contribution in [3.05, 3.63) is 0 Å². The summed E-state index contributed by atoms with van der Waals surface area (Å²) in [5, 5.41) is 0. The van der Waals surface area contributed by atoms with E-state index in [1.54, 1.807) is 0 Å². The van der Waals surface area contributed by atoms with E-state index in [1.165, 1.54) is 19.3 Å². The standard InChI is InChI=1S/C7H17O2P.Fe/c1-2-3-4-5-6-7-10(8)9;/h10H,2-7H2,1H3,(H,8,9);.